The molecule has 0 bridgehead atoms. The van der Waals surface area contributed by atoms with E-state index in [-0.39, 0.29) is 5.78 Å². The third kappa shape index (κ3) is 4.55. The first-order valence-electron chi connectivity index (χ1n) is 9.71. The van der Waals surface area contributed by atoms with Crippen LogP contribution in [0.5, 0.6) is 5.75 Å². The summed E-state index contributed by atoms with van der Waals surface area (Å²) in [6.07, 6.45) is 5.13. The van der Waals surface area contributed by atoms with Crippen molar-refractivity contribution in [2.24, 2.45) is 11.3 Å². The predicted molar refractivity (Wildman–Crippen MR) is 108 cm³/mol. The molecule has 2 heteroatoms. The Morgan fingerprint density at radius 3 is 2.15 bits per heavy atom. The van der Waals surface area contributed by atoms with Gasteiger partial charge in [-0.2, -0.15) is 0 Å². The molecule has 26 heavy (non-hydrogen) atoms. The standard InChI is InChI=1S/C24H30O2/c1-17(25)19-6-5-7-20(16-19)18-8-12-22(13-9-18)26-23-14-10-21(11-15-23)24(2,3)4/h5-9,12-13,16,21,23H,10-11,14-15H2,1-4H3/t21-,23-. The monoisotopic (exact) mass is 350 g/mol. The molecule has 1 aliphatic rings. The lowest BCUT2D eigenvalue weighted by Crippen LogP contribution is -2.30. The number of rotatable bonds is 4. The van der Waals surface area contributed by atoms with Crippen molar-refractivity contribution in [2.75, 3.05) is 0 Å². The van der Waals surface area contributed by atoms with Crippen LogP contribution in [-0.2, 0) is 0 Å². The molecule has 1 saturated carbocycles. The van der Waals surface area contributed by atoms with E-state index in [4.69, 9.17) is 4.74 Å². The Bertz CT molecular complexity index is 745. The molecule has 0 spiro atoms. The van der Waals surface area contributed by atoms with Crippen LogP contribution in [-0.4, -0.2) is 11.9 Å². The van der Waals surface area contributed by atoms with E-state index in [1.807, 2.05) is 36.4 Å². The molecule has 2 aromatic rings. The Hall–Kier alpha value is -2.09. The zero-order valence-corrected chi connectivity index (χ0v) is 16.4. The summed E-state index contributed by atoms with van der Waals surface area (Å²) in [6, 6.07) is 16.0. The normalized spacial score (nSPS) is 20.6. The molecular weight excluding hydrogens is 320 g/mol. The first-order valence-corrected chi connectivity index (χ1v) is 9.71. The molecule has 0 radical (unpaired) electrons. The van der Waals surface area contributed by atoms with Crippen LogP contribution >= 0.6 is 0 Å². The summed E-state index contributed by atoms with van der Waals surface area (Å²) in [6.45, 7) is 8.64. The minimum absolute atomic E-state index is 0.0951. The molecule has 0 aliphatic heterocycles. The lowest BCUT2D eigenvalue weighted by atomic mass is 9.72. The summed E-state index contributed by atoms with van der Waals surface area (Å²) in [5.74, 6) is 1.84. The summed E-state index contributed by atoms with van der Waals surface area (Å²) < 4.78 is 6.22. The summed E-state index contributed by atoms with van der Waals surface area (Å²) in [4.78, 5) is 11.6. The largest absolute Gasteiger partial charge is 0.490 e. The molecule has 0 heterocycles. The highest BCUT2D eigenvalue weighted by Crippen LogP contribution is 2.38. The van der Waals surface area contributed by atoms with Crippen LogP contribution in [0.15, 0.2) is 48.5 Å². The number of hydrogen-bond acceptors (Lipinski definition) is 2. The van der Waals surface area contributed by atoms with E-state index < -0.39 is 0 Å². The lowest BCUT2D eigenvalue weighted by molar-refractivity contribution is 0.0882. The van der Waals surface area contributed by atoms with Crippen molar-refractivity contribution in [3.05, 3.63) is 54.1 Å². The van der Waals surface area contributed by atoms with Gasteiger partial charge in [-0.1, -0.05) is 51.1 Å². The zero-order valence-electron chi connectivity index (χ0n) is 16.4. The summed E-state index contributed by atoms with van der Waals surface area (Å²) in [5.41, 5.74) is 3.33. The van der Waals surface area contributed by atoms with Gasteiger partial charge in [-0.25, -0.2) is 0 Å². The highest BCUT2D eigenvalue weighted by atomic mass is 16.5. The van der Waals surface area contributed by atoms with Gasteiger partial charge in [0.25, 0.3) is 0 Å². The van der Waals surface area contributed by atoms with E-state index in [0.717, 1.165) is 41.2 Å². The highest BCUT2D eigenvalue weighted by Gasteiger charge is 2.30. The van der Waals surface area contributed by atoms with Crippen molar-refractivity contribution in [1.29, 1.82) is 0 Å². The average molecular weight is 351 g/mol. The van der Waals surface area contributed by atoms with Gasteiger partial charge in [-0.05, 0) is 73.3 Å². The van der Waals surface area contributed by atoms with Crippen LogP contribution < -0.4 is 4.74 Å². The van der Waals surface area contributed by atoms with Crippen LogP contribution in [0.1, 0.15) is 63.7 Å². The van der Waals surface area contributed by atoms with Gasteiger partial charge in [0, 0.05) is 5.56 Å². The number of carbonyl (C=O) groups is 1. The van der Waals surface area contributed by atoms with Gasteiger partial charge in [0.15, 0.2) is 5.78 Å². The SMILES string of the molecule is CC(=O)c1cccc(-c2ccc(O[C@H]3CC[C@H](C(C)(C)C)CC3)cc2)c1. The molecule has 1 aliphatic carbocycles. The fourth-order valence-corrected chi connectivity index (χ4v) is 3.88. The molecule has 0 aromatic heterocycles. The second-order valence-corrected chi connectivity index (χ2v) is 8.62. The fourth-order valence-electron chi connectivity index (χ4n) is 3.88. The van der Waals surface area contributed by atoms with E-state index in [2.05, 4.69) is 32.9 Å². The van der Waals surface area contributed by atoms with E-state index in [9.17, 15) is 4.79 Å². The van der Waals surface area contributed by atoms with Gasteiger partial charge < -0.3 is 4.74 Å². The van der Waals surface area contributed by atoms with Crippen molar-refractivity contribution in [3.8, 4) is 16.9 Å². The Balaban J connectivity index is 1.62. The van der Waals surface area contributed by atoms with Crippen molar-refractivity contribution >= 4 is 5.78 Å². The van der Waals surface area contributed by atoms with Gasteiger partial charge in [-0.15, -0.1) is 0 Å². The average Bonchev–Trinajstić information content (AvgIpc) is 2.62. The van der Waals surface area contributed by atoms with E-state index in [1.165, 1.54) is 12.8 Å². The minimum atomic E-state index is 0.0951. The maximum absolute atomic E-state index is 11.6. The third-order valence-corrected chi connectivity index (χ3v) is 5.66. The van der Waals surface area contributed by atoms with Crippen molar-refractivity contribution in [1.82, 2.24) is 0 Å². The Morgan fingerprint density at radius 2 is 1.58 bits per heavy atom. The molecule has 3 rings (SSSR count). The molecule has 2 nitrogen and oxygen atoms in total. The molecule has 0 amide bonds. The maximum atomic E-state index is 11.6. The molecule has 2 aromatic carbocycles. The van der Waals surface area contributed by atoms with E-state index in [1.54, 1.807) is 6.92 Å². The molecule has 138 valence electrons. The number of ether oxygens (including phenoxy) is 1. The molecular formula is C24H30O2. The minimum Gasteiger partial charge on any atom is -0.490 e. The zero-order chi connectivity index (χ0) is 18.7. The Labute approximate surface area is 157 Å². The molecule has 0 unspecified atom stereocenters. The summed E-state index contributed by atoms with van der Waals surface area (Å²) >= 11 is 0. The maximum Gasteiger partial charge on any atom is 0.159 e. The number of benzene rings is 2. The number of ketones is 1. The highest BCUT2D eigenvalue weighted by molar-refractivity contribution is 5.95. The number of Topliss-reactive ketones (excluding diaryl/α,β-unsaturated/α-hetero) is 1. The van der Waals surface area contributed by atoms with Gasteiger partial charge in [0.2, 0.25) is 0 Å². The third-order valence-electron chi connectivity index (χ3n) is 5.66. The fraction of sp³-hybridized carbons (Fsp3) is 0.458. The first kappa shape index (κ1) is 18.7. The molecule has 0 atom stereocenters. The van der Waals surface area contributed by atoms with E-state index >= 15 is 0 Å². The van der Waals surface area contributed by atoms with Crippen LogP contribution in [0.25, 0.3) is 11.1 Å². The van der Waals surface area contributed by atoms with Crippen LogP contribution in [0.4, 0.5) is 0 Å². The van der Waals surface area contributed by atoms with Crippen molar-refractivity contribution < 1.29 is 9.53 Å². The second-order valence-electron chi connectivity index (χ2n) is 8.62. The van der Waals surface area contributed by atoms with Crippen molar-refractivity contribution in [3.63, 3.8) is 0 Å². The number of hydrogen-bond donors (Lipinski definition) is 0. The predicted octanol–water partition coefficient (Wildman–Crippen LogP) is 6.54. The molecule has 0 N–H and O–H groups in total. The van der Waals surface area contributed by atoms with Crippen LogP contribution in [0, 0.1) is 11.3 Å². The van der Waals surface area contributed by atoms with Crippen LogP contribution in [0.3, 0.4) is 0 Å². The van der Waals surface area contributed by atoms with Gasteiger partial charge in [-0.3, -0.25) is 4.79 Å². The van der Waals surface area contributed by atoms with Gasteiger partial charge in [0.1, 0.15) is 5.75 Å². The van der Waals surface area contributed by atoms with Gasteiger partial charge >= 0.3 is 0 Å². The second kappa shape index (κ2) is 7.65. The lowest BCUT2D eigenvalue weighted by Gasteiger charge is -2.36. The summed E-state index contributed by atoms with van der Waals surface area (Å²) in [5, 5.41) is 0. The first-order chi connectivity index (χ1) is 12.3. The van der Waals surface area contributed by atoms with Gasteiger partial charge in [0.05, 0.1) is 6.10 Å². The smallest absolute Gasteiger partial charge is 0.159 e. The van der Waals surface area contributed by atoms with Crippen molar-refractivity contribution in [2.45, 2.75) is 59.5 Å². The quantitative estimate of drug-likeness (QED) is 0.585. The summed E-state index contributed by atoms with van der Waals surface area (Å²) in [7, 11) is 0. The topological polar surface area (TPSA) is 26.3 Å². The number of carbonyl (C=O) groups excluding carboxylic acids is 1. The Kier molecular flexibility index (Phi) is 5.50. The van der Waals surface area contributed by atoms with Crippen LogP contribution in [0.2, 0.25) is 0 Å². The Morgan fingerprint density at radius 1 is 0.923 bits per heavy atom. The molecule has 1 fully saturated rings. The molecule has 0 saturated heterocycles. The van der Waals surface area contributed by atoms with E-state index in [0.29, 0.717) is 11.5 Å².